The Hall–Kier alpha value is -1.09. The van der Waals surface area contributed by atoms with Crippen LogP contribution < -0.4 is 5.32 Å². The maximum Gasteiger partial charge on any atom is 0.0953 e. The molecule has 1 aromatic heterocycles. The Bertz CT molecular complexity index is 326. The predicted octanol–water partition coefficient (Wildman–Crippen LogP) is 2.87. The average Bonchev–Trinajstić information content (AvgIpc) is 2.71. The molecule has 0 aliphatic rings. The lowest BCUT2D eigenvalue weighted by atomic mass is 10.2. The van der Waals surface area contributed by atoms with Crippen LogP contribution in [0.15, 0.2) is 18.6 Å². The summed E-state index contributed by atoms with van der Waals surface area (Å²) in [4.78, 5) is 4.17. The number of hydrogen-bond donors (Lipinski definition) is 1. The standard InChI is InChI=1S/C13H23N3/c1-5-8-15-12(4)6-7-13-9-14-10-16(13)11(2)3/h6-7,9-12,15H,5,8H2,1-4H3/b7-6+. The topological polar surface area (TPSA) is 29.9 Å². The molecule has 1 atom stereocenters. The van der Waals surface area contributed by atoms with Gasteiger partial charge in [-0.2, -0.15) is 0 Å². The zero-order valence-corrected chi connectivity index (χ0v) is 10.8. The van der Waals surface area contributed by atoms with Gasteiger partial charge in [0.2, 0.25) is 0 Å². The minimum absolute atomic E-state index is 0.412. The summed E-state index contributed by atoms with van der Waals surface area (Å²) in [6, 6.07) is 0.872. The summed E-state index contributed by atoms with van der Waals surface area (Å²) < 4.78 is 2.17. The van der Waals surface area contributed by atoms with Crippen molar-refractivity contribution < 1.29 is 0 Å². The number of nitrogens with one attached hydrogen (secondary N) is 1. The molecular weight excluding hydrogens is 198 g/mol. The van der Waals surface area contributed by atoms with E-state index in [9.17, 15) is 0 Å². The van der Waals surface area contributed by atoms with Crippen molar-refractivity contribution in [2.24, 2.45) is 0 Å². The first-order chi connectivity index (χ1) is 7.65. The summed E-state index contributed by atoms with van der Waals surface area (Å²) in [6.45, 7) is 9.74. The molecule has 1 aromatic rings. The number of aromatic nitrogens is 2. The molecular formula is C13H23N3. The Balaban J connectivity index is 2.58. The number of hydrogen-bond acceptors (Lipinski definition) is 2. The highest BCUT2D eigenvalue weighted by molar-refractivity contribution is 5.44. The minimum atomic E-state index is 0.412. The van der Waals surface area contributed by atoms with E-state index in [-0.39, 0.29) is 0 Å². The van der Waals surface area contributed by atoms with Crippen LogP contribution in [0.25, 0.3) is 6.08 Å². The summed E-state index contributed by atoms with van der Waals surface area (Å²) in [5, 5.41) is 3.43. The molecule has 0 aliphatic heterocycles. The van der Waals surface area contributed by atoms with Crippen LogP contribution in [-0.4, -0.2) is 22.1 Å². The second-order valence-corrected chi connectivity index (χ2v) is 4.42. The van der Waals surface area contributed by atoms with Crippen LogP contribution in [0.5, 0.6) is 0 Å². The van der Waals surface area contributed by atoms with Gasteiger partial charge in [-0.15, -0.1) is 0 Å². The number of imidazole rings is 1. The van der Waals surface area contributed by atoms with Gasteiger partial charge in [0, 0.05) is 12.1 Å². The van der Waals surface area contributed by atoms with Crippen LogP contribution in [0.2, 0.25) is 0 Å². The van der Waals surface area contributed by atoms with Crippen LogP contribution in [0, 0.1) is 0 Å². The van der Waals surface area contributed by atoms with Crippen molar-refractivity contribution in [1.29, 1.82) is 0 Å². The van der Waals surface area contributed by atoms with E-state index in [1.807, 2.05) is 12.5 Å². The third kappa shape index (κ3) is 3.81. The molecule has 3 heteroatoms. The van der Waals surface area contributed by atoms with Crippen LogP contribution in [0.1, 0.15) is 45.9 Å². The molecule has 1 N–H and O–H groups in total. The Labute approximate surface area is 98.6 Å². The van der Waals surface area contributed by atoms with Crippen LogP contribution in [-0.2, 0) is 0 Å². The van der Waals surface area contributed by atoms with Gasteiger partial charge in [-0.3, -0.25) is 0 Å². The highest BCUT2D eigenvalue weighted by Crippen LogP contribution is 2.10. The first-order valence-corrected chi connectivity index (χ1v) is 6.08. The molecule has 0 amide bonds. The van der Waals surface area contributed by atoms with Gasteiger partial charge in [0.1, 0.15) is 0 Å². The fraction of sp³-hybridized carbons (Fsp3) is 0.615. The van der Waals surface area contributed by atoms with E-state index in [4.69, 9.17) is 0 Å². The van der Waals surface area contributed by atoms with Gasteiger partial charge in [-0.25, -0.2) is 4.98 Å². The molecule has 0 bridgehead atoms. The van der Waals surface area contributed by atoms with Crippen LogP contribution in [0.3, 0.4) is 0 Å². The quantitative estimate of drug-likeness (QED) is 0.800. The maximum atomic E-state index is 4.17. The van der Waals surface area contributed by atoms with E-state index in [1.54, 1.807) is 0 Å². The molecule has 0 radical (unpaired) electrons. The fourth-order valence-electron chi connectivity index (χ4n) is 1.56. The van der Waals surface area contributed by atoms with Crippen molar-refractivity contribution in [3.8, 4) is 0 Å². The lowest BCUT2D eigenvalue weighted by molar-refractivity contribution is 0.594. The Morgan fingerprint density at radius 2 is 2.19 bits per heavy atom. The molecule has 90 valence electrons. The van der Waals surface area contributed by atoms with Gasteiger partial charge in [-0.05, 0) is 39.8 Å². The van der Waals surface area contributed by atoms with E-state index in [2.05, 4.69) is 54.7 Å². The Kier molecular flexibility index (Phi) is 5.26. The SMILES string of the molecule is CCCNC(C)/C=C/c1cncn1C(C)C. The van der Waals surface area contributed by atoms with Crippen molar-refractivity contribution in [3.05, 3.63) is 24.3 Å². The molecule has 0 aromatic carbocycles. The molecule has 16 heavy (non-hydrogen) atoms. The van der Waals surface area contributed by atoms with Gasteiger partial charge >= 0.3 is 0 Å². The van der Waals surface area contributed by atoms with Gasteiger partial charge in [0.25, 0.3) is 0 Å². The molecule has 0 saturated heterocycles. The third-order valence-corrected chi connectivity index (χ3v) is 2.52. The smallest absolute Gasteiger partial charge is 0.0953 e. The van der Waals surface area contributed by atoms with Gasteiger partial charge in [0.15, 0.2) is 0 Å². The van der Waals surface area contributed by atoms with Crippen molar-refractivity contribution in [3.63, 3.8) is 0 Å². The van der Waals surface area contributed by atoms with Gasteiger partial charge in [0.05, 0.1) is 18.2 Å². The zero-order chi connectivity index (χ0) is 12.0. The molecule has 1 heterocycles. The first kappa shape index (κ1) is 13.0. The van der Waals surface area contributed by atoms with Crippen molar-refractivity contribution in [2.45, 2.75) is 46.2 Å². The average molecular weight is 221 g/mol. The summed E-state index contributed by atoms with van der Waals surface area (Å²) in [5.41, 5.74) is 1.17. The van der Waals surface area contributed by atoms with E-state index in [0.717, 1.165) is 6.54 Å². The highest BCUT2D eigenvalue weighted by Gasteiger charge is 2.02. The largest absolute Gasteiger partial charge is 0.329 e. The first-order valence-electron chi connectivity index (χ1n) is 6.08. The molecule has 0 aliphatic carbocycles. The predicted molar refractivity (Wildman–Crippen MR) is 69.4 cm³/mol. The normalized spacial score (nSPS) is 13.8. The van der Waals surface area contributed by atoms with Crippen LogP contribution >= 0.6 is 0 Å². The van der Waals surface area contributed by atoms with E-state index >= 15 is 0 Å². The number of rotatable bonds is 6. The molecule has 0 fully saturated rings. The maximum absolute atomic E-state index is 4.17. The third-order valence-electron chi connectivity index (χ3n) is 2.52. The molecule has 0 saturated carbocycles. The molecule has 3 nitrogen and oxygen atoms in total. The molecule has 1 rings (SSSR count). The monoisotopic (exact) mass is 221 g/mol. The van der Waals surface area contributed by atoms with Crippen molar-refractivity contribution in [1.82, 2.24) is 14.9 Å². The fourth-order valence-corrected chi connectivity index (χ4v) is 1.56. The Morgan fingerprint density at radius 3 is 2.81 bits per heavy atom. The zero-order valence-electron chi connectivity index (χ0n) is 10.8. The Morgan fingerprint density at radius 1 is 1.44 bits per heavy atom. The summed E-state index contributed by atoms with van der Waals surface area (Å²) >= 11 is 0. The number of nitrogens with zero attached hydrogens (tertiary/aromatic N) is 2. The van der Waals surface area contributed by atoms with Crippen molar-refractivity contribution in [2.75, 3.05) is 6.54 Å². The summed E-state index contributed by atoms with van der Waals surface area (Å²) in [6.07, 6.45) is 9.28. The molecule has 0 spiro atoms. The van der Waals surface area contributed by atoms with Crippen LogP contribution in [0.4, 0.5) is 0 Å². The summed E-state index contributed by atoms with van der Waals surface area (Å²) in [5.74, 6) is 0. The van der Waals surface area contributed by atoms with Gasteiger partial charge in [-0.1, -0.05) is 13.0 Å². The molecule has 1 unspecified atom stereocenters. The summed E-state index contributed by atoms with van der Waals surface area (Å²) in [7, 11) is 0. The second-order valence-electron chi connectivity index (χ2n) is 4.42. The lowest BCUT2D eigenvalue weighted by Gasteiger charge is -2.10. The van der Waals surface area contributed by atoms with E-state index in [0.29, 0.717) is 12.1 Å². The van der Waals surface area contributed by atoms with E-state index < -0.39 is 0 Å². The van der Waals surface area contributed by atoms with Gasteiger partial charge < -0.3 is 9.88 Å². The minimum Gasteiger partial charge on any atom is -0.329 e. The lowest BCUT2D eigenvalue weighted by Crippen LogP contribution is -2.24. The van der Waals surface area contributed by atoms with E-state index in [1.165, 1.54) is 12.1 Å². The van der Waals surface area contributed by atoms with Crippen molar-refractivity contribution >= 4 is 6.08 Å². The second kappa shape index (κ2) is 6.48. The highest BCUT2D eigenvalue weighted by atomic mass is 15.1.